The molecule has 1 aliphatic heterocycles. The molecule has 2 amide bonds. The van der Waals surface area contributed by atoms with E-state index in [0.29, 0.717) is 25.1 Å². The van der Waals surface area contributed by atoms with Crippen LogP contribution in [0.25, 0.3) is 11.1 Å². The van der Waals surface area contributed by atoms with Gasteiger partial charge in [0.05, 0.1) is 18.8 Å². The Morgan fingerprint density at radius 3 is 2.42 bits per heavy atom. The lowest BCUT2D eigenvalue weighted by molar-refractivity contribution is -0.245. The summed E-state index contributed by atoms with van der Waals surface area (Å²) in [5.74, 6) is 0.0119. The van der Waals surface area contributed by atoms with Gasteiger partial charge in [0.2, 0.25) is 11.8 Å². The van der Waals surface area contributed by atoms with Crippen molar-refractivity contribution < 1.29 is 29.4 Å². The van der Waals surface area contributed by atoms with Crippen molar-refractivity contribution in [2.45, 2.75) is 62.5 Å². The number of carbonyl (C=O) groups is 2. The molecule has 11 nitrogen and oxygen atoms in total. The predicted octanol–water partition coefficient (Wildman–Crippen LogP) is 4.60. The van der Waals surface area contributed by atoms with Crippen molar-refractivity contribution >= 4 is 23.6 Å². The van der Waals surface area contributed by atoms with Gasteiger partial charge in [0.1, 0.15) is 6.33 Å². The quantitative estimate of drug-likeness (QED) is 0.0944. The summed E-state index contributed by atoms with van der Waals surface area (Å²) >= 11 is 1.59. The van der Waals surface area contributed by atoms with Gasteiger partial charge in [-0.05, 0) is 34.2 Å². The molecule has 45 heavy (non-hydrogen) atoms. The fraction of sp³-hybridized carbons (Fsp3) is 0.333. The molecule has 1 aliphatic rings. The minimum Gasteiger partial charge on any atom is -0.392 e. The van der Waals surface area contributed by atoms with E-state index in [1.54, 1.807) is 23.6 Å². The molecule has 2 heterocycles. The summed E-state index contributed by atoms with van der Waals surface area (Å²) in [5, 5.41) is 30.0. The van der Waals surface area contributed by atoms with E-state index in [1.807, 2.05) is 84.4 Å². The molecule has 0 bridgehead atoms. The van der Waals surface area contributed by atoms with Crippen LogP contribution in [0.1, 0.15) is 60.3 Å². The maximum Gasteiger partial charge on any atom is 0.243 e. The summed E-state index contributed by atoms with van der Waals surface area (Å²) in [6.45, 7) is 0.335. The highest BCUT2D eigenvalue weighted by atomic mass is 32.2. The van der Waals surface area contributed by atoms with Crippen LogP contribution in [-0.4, -0.2) is 48.7 Å². The molecular weight excluding hydrogens is 594 g/mol. The minimum atomic E-state index is -0.581. The summed E-state index contributed by atoms with van der Waals surface area (Å²) in [5.41, 5.74) is 7.29. The van der Waals surface area contributed by atoms with Crippen molar-refractivity contribution in [3.8, 4) is 11.1 Å². The van der Waals surface area contributed by atoms with E-state index in [-0.39, 0.29) is 37.6 Å². The third-order valence-electron chi connectivity index (χ3n) is 7.60. The number of aromatic nitrogens is 3. The summed E-state index contributed by atoms with van der Waals surface area (Å²) in [7, 11) is 1.91. The van der Waals surface area contributed by atoms with E-state index >= 15 is 0 Å². The lowest BCUT2D eigenvalue weighted by Crippen LogP contribution is -2.31. The Bertz CT molecular complexity index is 1560. The van der Waals surface area contributed by atoms with Gasteiger partial charge in [-0.1, -0.05) is 84.6 Å². The highest BCUT2D eigenvalue weighted by Crippen LogP contribution is 2.39. The molecule has 4 aromatic rings. The zero-order chi connectivity index (χ0) is 31.6. The molecule has 12 heteroatoms. The van der Waals surface area contributed by atoms with Gasteiger partial charge in [-0.15, -0.1) is 10.2 Å². The Labute approximate surface area is 265 Å². The first kappa shape index (κ1) is 32.3. The number of ether oxygens (including phenoxy) is 2. The molecule has 1 saturated heterocycles. The first-order valence-electron chi connectivity index (χ1n) is 14.8. The number of hydroxylamine groups is 1. The molecule has 0 saturated carbocycles. The van der Waals surface area contributed by atoms with Gasteiger partial charge < -0.3 is 24.5 Å². The Morgan fingerprint density at radius 1 is 0.978 bits per heavy atom. The average Bonchev–Trinajstić information content (AvgIpc) is 3.50. The molecule has 5 rings (SSSR count). The maximum absolute atomic E-state index is 12.3. The Balaban J connectivity index is 1.28. The lowest BCUT2D eigenvalue weighted by Gasteiger charge is -2.36. The second kappa shape index (κ2) is 15.8. The van der Waals surface area contributed by atoms with Gasteiger partial charge in [0, 0.05) is 44.2 Å². The van der Waals surface area contributed by atoms with E-state index in [4.69, 9.17) is 14.7 Å². The molecule has 4 N–H and O–H groups in total. The van der Waals surface area contributed by atoms with Crippen LogP contribution in [0, 0.1) is 0 Å². The molecule has 0 radical (unpaired) electrons. The Kier molecular flexibility index (Phi) is 11.3. The Hall–Kier alpha value is -4.07. The third kappa shape index (κ3) is 8.77. The van der Waals surface area contributed by atoms with Crippen LogP contribution in [0.3, 0.4) is 0 Å². The zero-order valence-corrected chi connectivity index (χ0v) is 25.8. The fourth-order valence-corrected chi connectivity index (χ4v) is 6.02. The van der Waals surface area contributed by atoms with E-state index < -0.39 is 12.2 Å². The molecule has 0 spiro atoms. The first-order chi connectivity index (χ1) is 21.9. The number of rotatable bonds is 13. The molecule has 1 aromatic heterocycles. The van der Waals surface area contributed by atoms with Crippen molar-refractivity contribution in [1.29, 1.82) is 0 Å². The van der Waals surface area contributed by atoms with Gasteiger partial charge in [-0.2, -0.15) is 0 Å². The number of aliphatic hydroxyl groups excluding tert-OH is 1. The molecule has 3 aromatic carbocycles. The summed E-state index contributed by atoms with van der Waals surface area (Å²) in [4.78, 5) is 23.5. The Morgan fingerprint density at radius 2 is 1.71 bits per heavy atom. The number of thioether (sulfide) groups is 1. The average molecular weight is 632 g/mol. The van der Waals surface area contributed by atoms with Gasteiger partial charge in [0.15, 0.2) is 11.4 Å². The molecule has 236 valence electrons. The van der Waals surface area contributed by atoms with Crippen molar-refractivity contribution in [3.63, 3.8) is 0 Å². The normalized spacial score (nSPS) is 18.0. The van der Waals surface area contributed by atoms with Gasteiger partial charge in [-0.3, -0.25) is 14.8 Å². The van der Waals surface area contributed by atoms with E-state index in [9.17, 15) is 14.7 Å². The highest BCUT2D eigenvalue weighted by Gasteiger charge is 2.32. The monoisotopic (exact) mass is 631 g/mol. The number of hydrogen-bond donors (Lipinski definition) is 4. The second-order valence-corrected chi connectivity index (χ2v) is 11.8. The van der Waals surface area contributed by atoms with Crippen LogP contribution < -0.4 is 10.8 Å². The van der Waals surface area contributed by atoms with Gasteiger partial charge in [0.25, 0.3) is 0 Å². The standard InChI is InChI=1S/C33H37N5O6S/c1-38-21-35-36-33(38)45-20-27-17-29(24-11-9-22(19-39)10-12-24)44-32(43-27)25-15-13-23(14-16-25)28-6-3-2-5-26(28)18-34-30(40)7-4-8-31(41)37-42/h2-3,5-6,9-16,21,27,29,32,39,42H,4,7-8,17-20H2,1H3,(H,34,40)(H,37,41). The van der Waals surface area contributed by atoms with Gasteiger partial charge in [-0.25, -0.2) is 5.48 Å². The van der Waals surface area contributed by atoms with Crippen molar-refractivity contribution in [2.75, 3.05) is 5.75 Å². The maximum atomic E-state index is 12.3. The predicted molar refractivity (Wildman–Crippen MR) is 168 cm³/mol. The van der Waals surface area contributed by atoms with Crippen LogP contribution in [-0.2, 0) is 39.3 Å². The number of amides is 2. The largest absolute Gasteiger partial charge is 0.392 e. The highest BCUT2D eigenvalue weighted by molar-refractivity contribution is 7.99. The van der Waals surface area contributed by atoms with Crippen LogP contribution in [0.5, 0.6) is 0 Å². The van der Waals surface area contributed by atoms with Crippen molar-refractivity contribution in [2.24, 2.45) is 7.05 Å². The number of nitrogens with zero attached hydrogens (tertiary/aromatic N) is 3. The van der Waals surface area contributed by atoms with E-state index in [1.165, 1.54) is 0 Å². The number of nitrogens with one attached hydrogen (secondary N) is 2. The van der Waals surface area contributed by atoms with Crippen LogP contribution in [0.15, 0.2) is 84.3 Å². The summed E-state index contributed by atoms with van der Waals surface area (Å²) in [6.07, 6.45) is 2.10. The molecular formula is C33H37N5O6S. The smallest absolute Gasteiger partial charge is 0.243 e. The van der Waals surface area contributed by atoms with Crippen molar-refractivity contribution in [3.05, 3.63) is 101 Å². The van der Waals surface area contributed by atoms with E-state index in [2.05, 4.69) is 15.5 Å². The third-order valence-corrected chi connectivity index (χ3v) is 8.77. The van der Waals surface area contributed by atoms with Crippen LogP contribution in [0.4, 0.5) is 0 Å². The van der Waals surface area contributed by atoms with E-state index in [0.717, 1.165) is 38.5 Å². The SMILES string of the molecule is Cn1cnnc1SCC1CC(c2ccc(CO)cc2)OC(c2ccc(-c3ccccc3CNC(=O)CCCC(=O)NO)cc2)O1. The number of aryl methyl sites for hydroxylation is 1. The molecule has 3 atom stereocenters. The number of benzene rings is 3. The fourth-order valence-electron chi connectivity index (χ4n) is 5.12. The number of aliphatic hydroxyl groups is 1. The van der Waals surface area contributed by atoms with Crippen LogP contribution >= 0.6 is 11.8 Å². The molecule has 0 aliphatic carbocycles. The summed E-state index contributed by atoms with van der Waals surface area (Å²) in [6, 6.07) is 23.8. The second-order valence-electron chi connectivity index (χ2n) is 10.8. The zero-order valence-electron chi connectivity index (χ0n) is 25.0. The number of hydrogen-bond acceptors (Lipinski definition) is 9. The van der Waals surface area contributed by atoms with Crippen molar-refractivity contribution in [1.82, 2.24) is 25.6 Å². The lowest BCUT2D eigenvalue weighted by atomic mass is 9.97. The first-order valence-corrected chi connectivity index (χ1v) is 15.8. The minimum absolute atomic E-state index is 0.0120. The van der Waals surface area contributed by atoms with Crippen LogP contribution in [0.2, 0.25) is 0 Å². The number of carbonyl (C=O) groups excluding carboxylic acids is 2. The van der Waals surface area contributed by atoms with Gasteiger partial charge >= 0.3 is 0 Å². The topological polar surface area (TPSA) is 148 Å². The molecule has 1 fully saturated rings. The molecule has 3 unspecified atom stereocenters. The summed E-state index contributed by atoms with van der Waals surface area (Å²) < 4.78 is 14.8.